The zero-order valence-electron chi connectivity index (χ0n) is 15.0. The zero-order valence-corrected chi connectivity index (χ0v) is 17.4. The van der Waals surface area contributed by atoms with E-state index in [0.29, 0.717) is 28.8 Å². The van der Waals surface area contributed by atoms with Gasteiger partial charge < -0.3 is 9.47 Å². The van der Waals surface area contributed by atoms with Crippen LogP contribution in [0.2, 0.25) is 0 Å². The van der Waals surface area contributed by atoms with Crippen molar-refractivity contribution in [3.8, 4) is 10.8 Å². The van der Waals surface area contributed by atoms with Crippen LogP contribution in [0.3, 0.4) is 0 Å². The molecule has 0 bridgehead atoms. The standard InChI is InChI=1S/C18H17BrFN5OS/c1-9-8-12(20)4-5-13(9)18(26)24-6-7-25-14(10(24)2)15(19)22-16(25)17-21-11(3)23-27-17/h4-5,8,10H,6-7H2,1-3H3. The summed E-state index contributed by atoms with van der Waals surface area (Å²) in [6, 6.07) is 4.08. The van der Waals surface area contributed by atoms with Crippen LogP contribution in [0.5, 0.6) is 0 Å². The molecular formula is C18H17BrFN5OS. The number of halogens is 2. The Hall–Kier alpha value is -2.13. The molecule has 1 unspecified atom stereocenters. The predicted molar refractivity (Wildman–Crippen MR) is 104 cm³/mol. The third kappa shape index (κ3) is 3.08. The van der Waals surface area contributed by atoms with Gasteiger partial charge >= 0.3 is 0 Å². The van der Waals surface area contributed by atoms with E-state index in [2.05, 4.69) is 34.8 Å². The van der Waals surface area contributed by atoms with E-state index in [4.69, 9.17) is 0 Å². The first-order valence-electron chi connectivity index (χ1n) is 8.50. The predicted octanol–water partition coefficient (Wildman–Crippen LogP) is 4.14. The maximum absolute atomic E-state index is 13.4. The molecule has 0 saturated heterocycles. The second kappa shape index (κ2) is 6.79. The molecule has 3 heterocycles. The monoisotopic (exact) mass is 449 g/mol. The smallest absolute Gasteiger partial charge is 0.254 e. The molecule has 0 fully saturated rings. The number of fused-ring (bicyclic) bond motifs is 1. The van der Waals surface area contributed by atoms with E-state index in [1.165, 1.54) is 23.7 Å². The van der Waals surface area contributed by atoms with Crippen LogP contribution in [0, 0.1) is 19.7 Å². The third-order valence-corrected chi connectivity index (χ3v) is 6.17. The Kier molecular flexibility index (Phi) is 4.59. The van der Waals surface area contributed by atoms with Crippen LogP contribution in [0.4, 0.5) is 4.39 Å². The van der Waals surface area contributed by atoms with E-state index in [1.807, 2.05) is 13.8 Å². The number of amides is 1. The first-order chi connectivity index (χ1) is 12.9. The molecule has 1 aromatic carbocycles. The summed E-state index contributed by atoms with van der Waals surface area (Å²) in [7, 11) is 0. The van der Waals surface area contributed by atoms with Crippen LogP contribution in [-0.2, 0) is 6.54 Å². The van der Waals surface area contributed by atoms with Gasteiger partial charge in [-0.15, -0.1) is 0 Å². The van der Waals surface area contributed by atoms with E-state index in [9.17, 15) is 9.18 Å². The molecule has 0 aliphatic carbocycles. The van der Waals surface area contributed by atoms with Gasteiger partial charge in [-0.25, -0.2) is 14.4 Å². The van der Waals surface area contributed by atoms with E-state index < -0.39 is 0 Å². The molecule has 9 heteroatoms. The van der Waals surface area contributed by atoms with E-state index in [1.54, 1.807) is 17.9 Å². The number of rotatable bonds is 2. The third-order valence-electron chi connectivity index (χ3n) is 4.79. The van der Waals surface area contributed by atoms with Crippen molar-refractivity contribution in [2.24, 2.45) is 0 Å². The second-order valence-corrected chi connectivity index (χ2v) is 8.05. The number of carbonyl (C=O) groups excluding carboxylic acids is 1. The number of benzene rings is 1. The summed E-state index contributed by atoms with van der Waals surface area (Å²) in [6.07, 6.45) is 0. The van der Waals surface area contributed by atoms with Crippen molar-refractivity contribution < 1.29 is 9.18 Å². The van der Waals surface area contributed by atoms with E-state index >= 15 is 0 Å². The minimum Gasteiger partial charge on any atom is -0.328 e. The normalized spacial score (nSPS) is 16.5. The molecule has 27 heavy (non-hydrogen) atoms. The van der Waals surface area contributed by atoms with Crippen molar-refractivity contribution in [3.63, 3.8) is 0 Å². The van der Waals surface area contributed by atoms with Crippen LogP contribution < -0.4 is 0 Å². The molecule has 0 spiro atoms. The Balaban J connectivity index is 1.70. The minimum atomic E-state index is -0.339. The molecular weight excluding hydrogens is 433 g/mol. The lowest BCUT2D eigenvalue weighted by atomic mass is 10.0. The molecule has 2 aromatic heterocycles. The van der Waals surface area contributed by atoms with Crippen molar-refractivity contribution >= 4 is 33.4 Å². The van der Waals surface area contributed by atoms with Gasteiger partial charge in [-0.05, 0) is 72.0 Å². The molecule has 1 amide bonds. The molecule has 1 atom stereocenters. The molecule has 0 N–H and O–H groups in total. The van der Waals surface area contributed by atoms with Gasteiger partial charge in [0.25, 0.3) is 5.91 Å². The molecule has 1 aliphatic heterocycles. The average molecular weight is 450 g/mol. The lowest BCUT2D eigenvalue weighted by molar-refractivity contribution is 0.0643. The Bertz CT molecular complexity index is 1050. The summed E-state index contributed by atoms with van der Waals surface area (Å²) in [5.74, 6) is 1.04. The minimum absolute atomic E-state index is 0.104. The summed E-state index contributed by atoms with van der Waals surface area (Å²) in [4.78, 5) is 23.9. The molecule has 4 rings (SSSR count). The molecule has 0 radical (unpaired) electrons. The fraction of sp³-hybridized carbons (Fsp3) is 0.333. The summed E-state index contributed by atoms with van der Waals surface area (Å²) in [5, 5.41) is 0.765. The number of aromatic nitrogens is 4. The highest BCUT2D eigenvalue weighted by Crippen LogP contribution is 2.36. The van der Waals surface area contributed by atoms with Gasteiger partial charge in [-0.1, -0.05) is 0 Å². The molecule has 0 saturated carbocycles. The largest absolute Gasteiger partial charge is 0.328 e. The number of carbonyl (C=O) groups is 1. The average Bonchev–Trinajstić information content (AvgIpc) is 3.18. The molecule has 3 aromatic rings. The summed E-state index contributed by atoms with van der Waals surface area (Å²) in [6.45, 7) is 6.73. The lowest BCUT2D eigenvalue weighted by Crippen LogP contribution is -2.41. The fourth-order valence-electron chi connectivity index (χ4n) is 3.46. The van der Waals surface area contributed by atoms with Crippen LogP contribution in [0.1, 0.15) is 40.4 Å². The second-order valence-electron chi connectivity index (χ2n) is 6.54. The SMILES string of the molecule is Cc1nsc(-c2nc(Br)c3n2CCN(C(=O)c2ccc(F)cc2C)C3C)n1. The first kappa shape index (κ1) is 18.2. The van der Waals surface area contributed by atoms with Gasteiger partial charge in [0, 0.05) is 18.7 Å². The van der Waals surface area contributed by atoms with Crippen LogP contribution in [0.15, 0.2) is 22.8 Å². The summed E-state index contributed by atoms with van der Waals surface area (Å²) < 4.78 is 20.4. The van der Waals surface area contributed by atoms with Crippen LogP contribution >= 0.6 is 27.5 Å². The summed E-state index contributed by atoms with van der Waals surface area (Å²) in [5.41, 5.74) is 2.08. The Morgan fingerprint density at radius 3 is 2.74 bits per heavy atom. The van der Waals surface area contributed by atoms with Crippen LogP contribution in [0.25, 0.3) is 10.8 Å². The van der Waals surface area contributed by atoms with Gasteiger partial charge in [0.1, 0.15) is 16.2 Å². The van der Waals surface area contributed by atoms with E-state index in [-0.39, 0.29) is 17.8 Å². The van der Waals surface area contributed by atoms with Crippen molar-refractivity contribution in [2.45, 2.75) is 33.4 Å². The van der Waals surface area contributed by atoms with E-state index in [0.717, 1.165) is 22.4 Å². The number of hydrogen-bond acceptors (Lipinski definition) is 5. The summed E-state index contributed by atoms with van der Waals surface area (Å²) >= 11 is 4.86. The number of hydrogen-bond donors (Lipinski definition) is 0. The van der Waals surface area contributed by atoms with Gasteiger partial charge in [0.15, 0.2) is 10.8 Å². The van der Waals surface area contributed by atoms with Crippen LogP contribution in [-0.4, -0.2) is 36.3 Å². The highest BCUT2D eigenvalue weighted by molar-refractivity contribution is 9.10. The van der Waals surface area contributed by atoms with Crippen molar-refractivity contribution in [1.82, 2.24) is 23.8 Å². The Labute approximate surface area is 168 Å². The fourth-order valence-corrected chi connectivity index (χ4v) is 4.84. The zero-order chi connectivity index (χ0) is 19.3. The molecule has 140 valence electrons. The molecule has 1 aliphatic rings. The quantitative estimate of drug-likeness (QED) is 0.589. The Morgan fingerprint density at radius 1 is 1.30 bits per heavy atom. The number of nitrogens with zero attached hydrogens (tertiary/aromatic N) is 5. The van der Waals surface area contributed by atoms with Crippen molar-refractivity contribution in [1.29, 1.82) is 0 Å². The maximum Gasteiger partial charge on any atom is 0.254 e. The Morgan fingerprint density at radius 2 is 2.07 bits per heavy atom. The van der Waals surface area contributed by atoms with Gasteiger partial charge in [-0.2, -0.15) is 4.37 Å². The van der Waals surface area contributed by atoms with Gasteiger partial charge in [-0.3, -0.25) is 4.79 Å². The van der Waals surface area contributed by atoms with Gasteiger partial charge in [0.05, 0.1) is 11.7 Å². The molecule has 6 nitrogen and oxygen atoms in total. The van der Waals surface area contributed by atoms with Crippen molar-refractivity contribution in [3.05, 3.63) is 51.3 Å². The topological polar surface area (TPSA) is 63.9 Å². The highest BCUT2D eigenvalue weighted by Gasteiger charge is 2.34. The highest BCUT2D eigenvalue weighted by atomic mass is 79.9. The number of aryl methyl sites for hydroxylation is 2. The number of imidazole rings is 1. The lowest BCUT2D eigenvalue weighted by Gasteiger charge is -2.35. The van der Waals surface area contributed by atoms with Crippen molar-refractivity contribution in [2.75, 3.05) is 6.54 Å². The maximum atomic E-state index is 13.4. The van der Waals surface area contributed by atoms with Gasteiger partial charge in [0.2, 0.25) is 0 Å². The first-order valence-corrected chi connectivity index (χ1v) is 10.1.